The molecule has 1 amide bonds. The van der Waals surface area contributed by atoms with Gasteiger partial charge in [0.15, 0.2) is 11.6 Å². The quantitative estimate of drug-likeness (QED) is 0.170. The maximum Gasteiger partial charge on any atom is 0.276 e. The average Bonchev–Trinajstić information content (AvgIpc) is 3.02. The Balaban J connectivity index is 1.92. The van der Waals surface area contributed by atoms with Gasteiger partial charge in [-0.25, -0.2) is 13.8 Å². The number of aromatic nitrogens is 2. The van der Waals surface area contributed by atoms with Crippen LogP contribution in [0.25, 0.3) is 28.0 Å². The van der Waals surface area contributed by atoms with Gasteiger partial charge in [0.2, 0.25) is 5.91 Å². The fourth-order valence-corrected chi connectivity index (χ4v) is 7.16. The van der Waals surface area contributed by atoms with Gasteiger partial charge in [0.25, 0.3) is 5.56 Å². The van der Waals surface area contributed by atoms with Gasteiger partial charge in [-0.2, -0.15) is 5.26 Å². The topological polar surface area (TPSA) is 114 Å². The number of hydrogen-bond donors (Lipinski definition) is 2. The predicted octanol–water partition coefficient (Wildman–Crippen LogP) is 6.86. The molecule has 9 nitrogen and oxygen atoms in total. The molecule has 1 saturated heterocycles. The van der Waals surface area contributed by atoms with Gasteiger partial charge in [-0.1, -0.05) is 55.2 Å². The maximum absolute atomic E-state index is 15.6. The summed E-state index contributed by atoms with van der Waals surface area (Å²) in [5.74, 6) is -3.99. The summed E-state index contributed by atoms with van der Waals surface area (Å²) < 4.78 is 31.3. The number of aromatic hydroxyl groups is 1. The van der Waals surface area contributed by atoms with Crippen molar-refractivity contribution in [2.24, 2.45) is 5.92 Å². The van der Waals surface area contributed by atoms with E-state index in [-0.39, 0.29) is 70.0 Å². The van der Waals surface area contributed by atoms with Gasteiger partial charge in [0, 0.05) is 30.6 Å². The van der Waals surface area contributed by atoms with Crippen LogP contribution >= 0.6 is 34.8 Å². The van der Waals surface area contributed by atoms with Crippen LogP contribution in [0.2, 0.25) is 15.1 Å². The number of benzene rings is 1. The van der Waals surface area contributed by atoms with E-state index in [4.69, 9.17) is 34.8 Å². The number of allylic oxidation sites excluding steroid dienone is 2. The number of phenols is 1. The number of fused-ring (bicyclic) bond motifs is 1. The minimum atomic E-state index is -1.36. The third kappa shape index (κ3) is 5.52. The highest BCUT2D eigenvalue weighted by molar-refractivity contribution is 6.37. The molecule has 14 heteroatoms. The SMILES string of the molecule is C=CC(=O)N1[C@H](C)CN(c2c(C#N)c(=O)n(C3=C(C)C=CNC3C(C)C)c3nc(-c4c(O)c(Cl)c(F)c(Cl)c4F)c(Cl)cc23)C[C@@H]1C. The van der Waals surface area contributed by atoms with Crippen LogP contribution in [-0.2, 0) is 4.79 Å². The van der Waals surface area contributed by atoms with E-state index in [1.54, 1.807) is 24.1 Å². The number of carbonyl (C=O) groups excluding carboxylic acids is 1. The summed E-state index contributed by atoms with van der Waals surface area (Å²) in [6, 6.07) is 2.42. The molecule has 0 aliphatic carbocycles. The zero-order chi connectivity index (χ0) is 34.6. The second-order valence-corrected chi connectivity index (χ2v) is 13.2. The molecule has 0 saturated carbocycles. The fourth-order valence-electron chi connectivity index (χ4n) is 6.49. The van der Waals surface area contributed by atoms with Crippen LogP contribution in [-0.4, -0.2) is 56.7 Å². The maximum atomic E-state index is 15.6. The van der Waals surface area contributed by atoms with Crippen LogP contribution in [0.15, 0.2) is 41.4 Å². The normalized spacial score (nSPS) is 19.7. The number of carbonyl (C=O) groups is 1. The Morgan fingerprint density at radius 1 is 1.19 bits per heavy atom. The number of anilines is 1. The first-order valence-corrected chi connectivity index (χ1v) is 15.9. The van der Waals surface area contributed by atoms with Crippen LogP contribution in [0.1, 0.15) is 40.2 Å². The van der Waals surface area contributed by atoms with E-state index in [1.165, 1.54) is 16.7 Å². The number of dihydropyridines is 1. The minimum absolute atomic E-state index is 0.0132. The Kier molecular flexibility index (Phi) is 9.34. The van der Waals surface area contributed by atoms with Crippen molar-refractivity contribution in [2.45, 2.75) is 52.7 Å². The van der Waals surface area contributed by atoms with Gasteiger partial charge in [-0.3, -0.25) is 14.2 Å². The van der Waals surface area contributed by atoms with Crippen molar-refractivity contribution in [1.29, 1.82) is 5.26 Å². The third-order valence-electron chi connectivity index (χ3n) is 8.55. The van der Waals surface area contributed by atoms with Crippen molar-refractivity contribution in [3.8, 4) is 23.1 Å². The summed E-state index contributed by atoms with van der Waals surface area (Å²) >= 11 is 18.6. The van der Waals surface area contributed by atoms with E-state index >= 15 is 4.39 Å². The standard InChI is InChI=1S/C33H31Cl3F2N6O3/c1-7-21(45)43-16(5)12-42(13-17(43)6)30-18-10-20(34)28(22-25(37)23(35)26(38)24(36)31(22)46)41-32(18)44(33(47)19(30)11-39)29-15(4)8-9-40-27(29)14(2)3/h7-10,14,16-17,27,40,46H,1,12-13H2,2-6H3/t16-,17+,27?. The molecule has 4 heterocycles. The minimum Gasteiger partial charge on any atom is -0.505 e. The van der Waals surface area contributed by atoms with E-state index in [1.807, 2.05) is 32.6 Å². The van der Waals surface area contributed by atoms with E-state index in [0.29, 0.717) is 11.3 Å². The van der Waals surface area contributed by atoms with Gasteiger partial charge in [-0.05, 0) is 56.7 Å². The summed E-state index contributed by atoms with van der Waals surface area (Å²) in [4.78, 5) is 35.4. The first-order chi connectivity index (χ1) is 22.2. The average molecular weight is 704 g/mol. The number of nitrogens with one attached hydrogen (secondary N) is 1. The highest BCUT2D eigenvalue weighted by Crippen LogP contribution is 2.46. The predicted molar refractivity (Wildman–Crippen MR) is 181 cm³/mol. The molecule has 3 atom stereocenters. The molecule has 2 N–H and O–H groups in total. The number of piperazine rings is 1. The fraction of sp³-hybridized carbons (Fsp3) is 0.333. The van der Waals surface area contributed by atoms with Crippen LogP contribution in [0.5, 0.6) is 5.75 Å². The van der Waals surface area contributed by atoms with Crippen LogP contribution < -0.4 is 15.8 Å². The van der Waals surface area contributed by atoms with Crippen molar-refractivity contribution in [3.05, 3.63) is 79.2 Å². The summed E-state index contributed by atoms with van der Waals surface area (Å²) in [6.07, 6.45) is 4.77. The number of pyridine rings is 2. The second-order valence-electron chi connectivity index (χ2n) is 12.0. The lowest BCUT2D eigenvalue weighted by Crippen LogP contribution is -2.58. The third-order valence-corrected chi connectivity index (χ3v) is 9.51. The molecule has 3 aromatic rings. The van der Waals surface area contributed by atoms with Gasteiger partial charge < -0.3 is 20.2 Å². The molecule has 0 spiro atoms. The molecular formula is C33H31Cl3F2N6O3. The molecular weight excluding hydrogens is 673 g/mol. The Morgan fingerprint density at radius 2 is 1.83 bits per heavy atom. The van der Waals surface area contributed by atoms with Crippen LogP contribution in [0.4, 0.5) is 14.5 Å². The summed E-state index contributed by atoms with van der Waals surface area (Å²) in [6.45, 7) is 13.5. The number of halogens is 5. The number of phenolic OH excluding ortho intramolecular Hbond substituents is 1. The molecule has 1 aromatic carbocycles. The van der Waals surface area contributed by atoms with Gasteiger partial charge >= 0.3 is 0 Å². The van der Waals surface area contributed by atoms with Crippen molar-refractivity contribution in [1.82, 2.24) is 19.8 Å². The van der Waals surface area contributed by atoms with Crippen molar-refractivity contribution in [3.63, 3.8) is 0 Å². The van der Waals surface area contributed by atoms with Crippen LogP contribution in [0, 0.1) is 28.9 Å². The van der Waals surface area contributed by atoms with Crippen LogP contribution in [0.3, 0.4) is 0 Å². The molecule has 2 aromatic heterocycles. The highest BCUT2D eigenvalue weighted by atomic mass is 35.5. The lowest BCUT2D eigenvalue weighted by Gasteiger charge is -2.45. The number of nitrogens with zero attached hydrogens (tertiary/aromatic N) is 5. The van der Waals surface area contributed by atoms with E-state index in [0.717, 1.165) is 0 Å². The lowest BCUT2D eigenvalue weighted by molar-refractivity contribution is -0.130. The number of hydrogen-bond acceptors (Lipinski definition) is 7. The first kappa shape index (κ1) is 34.2. The van der Waals surface area contributed by atoms with E-state index in [2.05, 4.69) is 22.9 Å². The Morgan fingerprint density at radius 3 is 2.40 bits per heavy atom. The Bertz CT molecular complexity index is 1980. The first-order valence-electron chi connectivity index (χ1n) is 14.7. The summed E-state index contributed by atoms with van der Waals surface area (Å²) in [5.41, 5.74) is -0.504. The van der Waals surface area contributed by atoms with Crippen molar-refractivity contribution in [2.75, 3.05) is 18.0 Å². The lowest BCUT2D eigenvalue weighted by atomic mass is 9.94. The summed E-state index contributed by atoms with van der Waals surface area (Å²) in [7, 11) is 0. The number of nitriles is 1. The number of rotatable bonds is 5. The van der Waals surface area contributed by atoms with Gasteiger partial charge in [0.1, 0.15) is 33.1 Å². The van der Waals surface area contributed by atoms with Crippen molar-refractivity contribution >= 4 is 63.1 Å². The van der Waals surface area contributed by atoms with Gasteiger partial charge in [0.05, 0.1) is 33.7 Å². The molecule has 0 bridgehead atoms. The Hall–Kier alpha value is -4.11. The zero-order valence-electron chi connectivity index (χ0n) is 26.1. The molecule has 1 unspecified atom stereocenters. The molecule has 0 radical (unpaired) electrons. The monoisotopic (exact) mass is 702 g/mol. The van der Waals surface area contributed by atoms with Gasteiger partial charge in [-0.15, -0.1) is 0 Å². The Labute approximate surface area is 284 Å². The molecule has 2 aliphatic heterocycles. The van der Waals surface area contributed by atoms with E-state index < -0.39 is 44.6 Å². The molecule has 47 heavy (non-hydrogen) atoms. The van der Waals surface area contributed by atoms with E-state index in [9.17, 15) is 24.3 Å². The zero-order valence-corrected chi connectivity index (χ0v) is 28.4. The largest absolute Gasteiger partial charge is 0.505 e. The molecule has 1 fully saturated rings. The molecule has 2 aliphatic rings. The molecule has 246 valence electrons. The molecule has 5 rings (SSSR count). The van der Waals surface area contributed by atoms with Crippen molar-refractivity contribution < 1.29 is 18.7 Å². The summed E-state index contributed by atoms with van der Waals surface area (Å²) in [5, 5.41) is 22.8. The highest BCUT2D eigenvalue weighted by Gasteiger charge is 2.36. The smallest absolute Gasteiger partial charge is 0.276 e. The second kappa shape index (κ2) is 12.8. The number of amides is 1.